The Bertz CT molecular complexity index is 369. The van der Waals surface area contributed by atoms with Crippen molar-refractivity contribution < 1.29 is 16.8 Å². The first kappa shape index (κ1) is 14.9. The molecule has 0 atom stereocenters. The lowest BCUT2D eigenvalue weighted by Gasteiger charge is -2.31. The zero-order valence-corrected chi connectivity index (χ0v) is 11.6. The van der Waals surface area contributed by atoms with E-state index in [1.54, 1.807) is 13.8 Å². The van der Waals surface area contributed by atoms with Crippen LogP contribution in [0.3, 0.4) is 0 Å². The van der Waals surface area contributed by atoms with Crippen molar-refractivity contribution >= 4 is 19.7 Å². The maximum absolute atomic E-state index is 11.9. The van der Waals surface area contributed by atoms with Gasteiger partial charge in [0, 0.05) is 11.5 Å². The van der Waals surface area contributed by atoms with Crippen LogP contribution in [0.25, 0.3) is 0 Å². The minimum Gasteiger partial charge on any atom is -0.227 e. The average molecular weight is 256 g/mol. The molecular weight excluding hydrogens is 236 g/mol. The van der Waals surface area contributed by atoms with E-state index in [9.17, 15) is 16.8 Å². The normalized spacial score (nSPS) is 14.5. The SMILES string of the molecule is CCS(=O)(=O)C(C)(C(C)C)S(=O)(=O)CC. The molecule has 0 fully saturated rings. The highest BCUT2D eigenvalue weighted by Gasteiger charge is 2.51. The van der Waals surface area contributed by atoms with Crippen molar-refractivity contribution in [3.8, 4) is 0 Å². The van der Waals surface area contributed by atoms with Gasteiger partial charge in [-0.1, -0.05) is 27.7 Å². The molecule has 0 heterocycles. The Labute approximate surface area is 92.9 Å². The summed E-state index contributed by atoms with van der Waals surface area (Å²) in [5.74, 6) is -0.755. The lowest BCUT2D eigenvalue weighted by molar-refractivity contribution is 0.490. The molecule has 0 saturated heterocycles. The number of sulfone groups is 2. The minimum absolute atomic E-state index is 0.152. The average Bonchev–Trinajstić information content (AvgIpc) is 2.15. The molecule has 15 heavy (non-hydrogen) atoms. The Balaban J connectivity index is 5.92. The second kappa shape index (κ2) is 4.41. The van der Waals surface area contributed by atoms with Gasteiger partial charge < -0.3 is 0 Å². The van der Waals surface area contributed by atoms with Gasteiger partial charge in [0.25, 0.3) is 0 Å². The third-order valence-corrected chi connectivity index (χ3v) is 9.50. The van der Waals surface area contributed by atoms with E-state index >= 15 is 0 Å². The molecule has 0 aliphatic carbocycles. The van der Waals surface area contributed by atoms with Gasteiger partial charge in [0.2, 0.25) is 0 Å². The van der Waals surface area contributed by atoms with Crippen LogP contribution < -0.4 is 0 Å². The Morgan fingerprint density at radius 2 is 1.20 bits per heavy atom. The summed E-state index contributed by atoms with van der Waals surface area (Å²) in [7, 11) is -7.23. The highest BCUT2D eigenvalue weighted by Crippen LogP contribution is 2.33. The Hall–Kier alpha value is -0.100. The van der Waals surface area contributed by atoms with Crippen molar-refractivity contribution in [1.29, 1.82) is 0 Å². The topological polar surface area (TPSA) is 68.3 Å². The van der Waals surface area contributed by atoms with E-state index in [1.807, 2.05) is 0 Å². The third kappa shape index (κ3) is 2.20. The molecule has 0 aliphatic heterocycles. The zero-order chi connectivity index (χ0) is 12.5. The quantitative estimate of drug-likeness (QED) is 0.742. The fraction of sp³-hybridized carbons (Fsp3) is 1.00. The van der Waals surface area contributed by atoms with E-state index in [4.69, 9.17) is 0 Å². The largest absolute Gasteiger partial charge is 0.227 e. The zero-order valence-electron chi connectivity index (χ0n) is 9.94. The highest BCUT2D eigenvalue weighted by molar-refractivity contribution is 8.10. The molecule has 0 saturated carbocycles. The molecular formula is C9H20O4S2. The summed E-state index contributed by atoms with van der Waals surface area (Å²) in [5.41, 5.74) is 0. The Kier molecular flexibility index (Phi) is 4.38. The van der Waals surface area contributed by atoms with Crippen LogP contribution in [0.4, 0.5) is 0 Å². The molecule has 0 unspecified atom stereocenters. The van der Waals surface area contributed by atoms with Gasteiger partial charge in [-0.25, -0.2) is 16.8 Å². The first-order chi connectivity index (χ1) is 6.56. The van der Waals surface area contributed by atoms with Crippen LogP contribution in [0, 0.1) is 5.92 Å². The van der Waals surface area contributed by atoms with Crippen LogP contribution in [0.15, 0.2) is 0 Å². The van der Waals surface area contributed by atoms with Crippen molar-refractivity contribution in [1.82, 2.24) is 0 Å². The van der Waals surface area contributed by atoms with Gasteiger partial charge in [0.05, 0.1) is 0 Å². The second-order valence-corrected chi connectivity index (χ2v) is 9.55. The van der Waals surface area contributed by atoms with Gasteiger partial charge in [-0.05, 0) is 12.8 Å². The van der Waals surface area contributed by atoms with Crippen LogP contribution in [0.2, 0.25) is 0 Å². The van der Waals surface area contributed by atoms with Crippen LogP contribution in [0.5, 0.6) is 0 Å². The van der Waals surface area contributed by atoms with Gasteiger partial charge in [0.1, 0.15) is 0 Å². The van der Waals surface area contributed by atoms with Crippen molar-refractivity contribution in [2.24, 2.45) is 5.92 Å². The number of hydrogen-bond acceptors (Lipinski definition) is 4. The molecule has 92 valence electrons. The number of rotatable bonds is 5. The monoisotopic (exact) mass is 256 g/mol. The van der Waals surface area contributed by atoms with E-state index in [-0.39, 0.29) is 11.5 Å². The lowest BCUT2D eigenvalue weighted by Crippen LogP contribution is -2.49. The molecule has 0 spiro atoms. The van der Waals surface area contributed by atoms with Crippen LogP contribution in [-0.4, -0.2) is 32.4 Å². The summed E-state index contributed by atoms with van der Waals surface area (Å²) in [4.78, 5) is 0. The Morgan fingerprint density at radius 3 is 1.33 bits per heavy atom. The fourth-order valence-electron chi connectivity index (χ4n) is 1.48. The molecule has 0 radical (unpaired) electrons. The molecule has 4 nitrogen and oxygen atoms in total. The van der Waals surface area contributed by atoms with Crippen LogP contribution in [-0.2, 0) is 19.7 Å². The summed E-state index contributed by atoms with van der Waals surface area (Å²) < 4.78 is 45.9. The first-order valence-corrected chi connectivity index (χ1v) is 8.31. The molecule has 0 aromatic carbocycles. The maximum atomic E-state index is 11.9. The van der Waals surface area contributed by atoms with Gasteiger partial charge in [0.15, 0.2) is 23.8 Å². The van der Waals surface area contributed by atoms with Crippen molar-refractivity contribution in [2.75, 3.05) is 11.5 Å². The molecule has 0 aromatic heterocycles. The third-order valence-electron chi connectivity index (χ3n) is 3.04. The molecule has 6 heteroatoms. The molecule has 0 rings (SSSR count). The highest BCUT2D eigenvalue weighted by atomic mass is 32.3. The molecule has 0 aliphatic rings. The standard InChI is InChI=1S/C9H20O4S2/c1-6-14(10,11)9(5,8(3)4)15(12,13)7-2/h8H,6-7H2,1-5H3. The second-order valence-electron chi connectivity index (χ2n) is 3.98. The summed E-state index contributed by atoms with van der Waals surface area (Å²) in [6.45, 7) is 7.51. The molecule has 0 bridgehead atoms. The number of hydrogen-bond donors (Lipinski definition) is 0. The fourth-order valence-corrected chi connectivity index (χ4v) is 6.32. The molecule has 0 N–H and O–H groups in total. The Morgan fingerprint density at radius 1 is 0.933 bits per heavy atom. The van der Waals surface area contributed by atoms with E-state index < -0.39 is 29.7 Å². The maximum Gasteiger partial charge on any atom is 0.172 e. The van der Waals surface area contributed by atoms with E-state index in [1.165, 1.54) is 20.8 Å². The summed E-state index contributed by atoms with van der Waals surface area (Å²) >= 11 is 0. The van der Waals surface area contributed by atoms with Gasteiger partial charge >= 0.3 is 0 Å². The lowest BCUT2D eigenvalue weighted by atomic mass is 10.1. The van der Waals surface area contributed by atoms with E-state index in [0.717, 1.165) is 0 Å². The van der Waals surface area contributed by atoms with Crippen molar-refractivity contribution in [3.05, 3.63) is 0 Å². The first-order valence-electron chi connectivity index (χ1n) is 5.01. The minimum atomic E-state index is -3.62. The van der Waals surface area contributed by atoms with E-state index in [2.05, 4.69) is 0 Å². The van der Waals surface area contributed by atoms with Gasteiger partial charge in [-0.3, -0.25) is 0 Å². The molecule has 0 amide bonds. The van der Waals surface area contributed by atoms with Crippen molar-refractivity contribution in [2.45, 2.75) is 38.7 Å². The summed E-state index contributed by atoms with van der Waals surface area (Å²) in [5, 5.41) is 0. The smallest absolute Gasteiger partial charge is 0.172 e. The molecule has 0 aromatic rings. The summed E-state index contributed by atoms with van der Waals surface area (Å²) in [6.07, 6.45) is 0. The van der Waals surface area contributed by atoms with Crippen molar-refractivity contribution in [3.63, 3.8) is 0 Å². The van der Waals surface area contributed by atoms with Gasteiger partial charge in [-0.2, -0.15) is 0 Å². The van der Waals surface area contributed by atoms with Crippen LogP contribution in [0.1, 0.15) is 34.6 Å². The van der Waals surface area contributed by atoms with Gasteiger partial charge in [-0.15, -0.1) is 0 Å². The summed E-state index contributed by atoms with van der Waals surface area (Å²) in [6, 6.07) is 0. The predicted octanol–water partition coefficient (Wildman–Crippen LogP) is 1.23. The van der Waals surface area contributed by atoms with Crippen LogP contribution >= 0.6 is 0 Å². The predicted molar refractivity (Wildman–Crippen MR) is 62.2 cm³/mol. The van der Waals surface area contributed by atoms with E-state index in [0.29, 0.717) is 0 Å².